The number of carbonyl (C=O) groups excluding carboxylic acids is 2. The third-order valence-corrected chi connectivity index (χ3v) is 3.68. The van der Waals surface area contributed by atoms with Crippen molar-refractivity contribution >= 4 is 11.9 Å². The van der Waals surface area contributed by atoms with Crippen molar-refractivity contribution in [2.24, 2.45) is 0 Å². The zero-order valence-corrected chi connectivity index (χ0v) is 13.7. The van der Waals surface area contributed by atoms with Crippen LogP contribution in [0.25, 0.3) is 0 Å². The molecular formula is C18H23N3O3. The molecule has 0 bridgehead atoms. The van der Waals surface area contributed by atoms with Gasteiger partial charge in [-0.1, -0.05) is 37.3 Å². The minimum absolute atomic E-state index is 0.0687. The van der Waals surface area contributed by atoms with Gasteiger partial charge in [-0.2, -0.15) is 0 Å². The van der Waals surface area contributed by atoms with Gasteiger partial charge in [-0.25, -0.2) is 4.79 Å². The first-order chi connectivity index (χ1) is 11.6. The van der Waals surface area contributed by atoms with Crippen molar-refractivity contribution in [3.8, 4) is 0 Å². The molecule has 0 aliphatic rings. The van der Waals surface area contributed by atoms with Gasteiger partial charge in [-0.15, -0.1) is 0 Å². The van der Waals surface area contributed by atoms with Crippen LogP contribution in [-0.2, 0) is 11.3 Å². The van der Waals surface area contributed by atoms with Gasteiger partial charge in [0.05, 0.1) is 19.4 Å². The number of urea groups is 1. The molecular weight excluding hydrogens is 306 g/mol. The number of rotatable bonds is 8. The van der Waals surface area contributed by atoms with E-state index < -0.39 is 0 Å². The second kappa shape index (κ2) is 9.39. The first kappa shape index (κ1) is 17.6. The fraction of sp³-hybridized carbons (Fsp3) is 0.333. The molecule has 6 nitrogen and oxygen atoms in total. The van der Waals surface area contributed by atoms with Gasteiger partial charge < -0.3 is 20.4 Å². The molecule has 0 saturated carbocycles. The summed E-state index contributed by atoms with van der Waals surface area (Å²) in [5.74, 6) is 0.769. The largest absolute Gasteiger partial charge is 0.467 e. The normalized spacial score (nSPS) is 11.5. The number of carbonyl (C=O) groups is 2. The molecule has 0 saturated heterocycles. The highest BCUT2D eigenvalue weighted by Gasteiger charge is 2.08. The maximum Gasteiger partial charge on any atom is 0.315 e. The first-order valence-corrected chi connectivity index (χ1v) is 8.01. The Morgan fingerprint density at radius 1 is 1.04 bits per heavy atom. The Morgan fingerprint density at radius 3 is 2.54 bits per heavy atom. The zero-order valence-electron chi connectivity index (χ0n) is 13.7. The number of amides is 3. The van der Waals surface area contributed by atoms with Crippen LogP contribution in [0.2, 0.25) is 0 Å². The second-order valence-corrected chi connectivity index (χ2v) is 5.57. The average Bonchev–Trinajstić information content (AvgIpc) is 3.12. The van der Waals surface area contributed by atoms with Crippen LogP contribution < -0.4 is 16.0 Å². The molecule has 0 aliphatic carbocycles. The van der Waals surface area contributed by atoms with E-state index in [1.807, 2.05) is 18.2 Å². The minimum Gasteiger partial charge on any atom is -0.467 e. The standard InChI is InChI=1S/C18H23N3O3/c1-14(15-6-3-2-4-7-15)9-10-19-18(23)21-13-17(22)20-12-16-8-5-11-24-16/h2-8,11,14H,9-10,12-13H2,1H3,(H,20,22)(H2,19,21,23). The molecule has 2 aromatic rings. The van der Waals surface area contributed by atoms with Gasteiger partial charge in [0.2, 0.25) is 5.91 Å². The molecule has 0 aliphatic heterocycles. The van der Waals surface area contributed by atoms with Crippen LogP contribution in [0.3, 0.4) is 0 Å². The first-order valence-electron chi connectivity index (χ1n) is 8.01. The molecule has 0 radical (unpaired) electrons. The van der Waals surface area contributed by atoms with Crippen LogP contribution >= 0.6 is 0 Å². The SMILES string of the molecule is CC(CCNC(=O)NCC(=O)NCc1ccco1)c1ccccc1. The summed E-state index contributed by atoms with van der Waals surface area (Å²) in [6, 6.07) is 13.3. The number of furan rings is 1. The third kappa shape index (κ3) is 6.16. The summed E-state index contributed by atoms with van der Waals surface area (Å²) in [4.78, 5) is 23.3. The molecule has 0 spiro atoms. The lowest BCUT2D eigenvalue weighted by molar-refractivity contribution is -0.120. The summed E-state index contributed by atoms with van der Waals surface area (Å²) < 4.78 is 5.11. The molecule has 0 fully saturated rings. The minimum atomic E-state index is -0.344. The van der Waals surface area contributed by atoms with Gasteiger partial charge in [0.15, 0.2) is 0 Å². The smallest absolute Gasteiger partial charge is 0.315 e. The lowest BCUT2D eigenvalue weighted by Gasteiger charge is -2.13. The van der Waals surface area contributed by atoms with E-state index >= 15 is 0 Å². The molecule has 1 unspecified atom stereocenters. The highest BCUT2D eigenvalue weighted by Crippen LogP contribution is 2.17. The molecule has 128 valence electrons. The van der Waals surface area contributed by atoms with E-state index in [9.17, 15) is 9.59 Å². The lowest BCUT2D eigenvalue weighted by atomic mass is 9.98. The van der Waals surface area contributed by atoms with Crippen molar-refractivity contribution in [2.45, 2.75) is 25.8 Å². The monoisotopic (exact) mass is 329 g/mol. The van der Waals surface area contributed by atoms with Crippen molar-refractivity contribution in [2.75, 3.05) is 13.1 Å². The summed E-state index contributed by atoms with van der Waals surface area (Å²) >= 11 is 0. The van der Waals surface area contributed by atoms with E-state index in [0.717, 1.165) is 6.42 Å². The van der Waals surface area contributed by atoms with Gasteiger partial charge in [-0.05, 0) is 30.0 Å². The van der Waals surface area contributed by atoms with Crippen molar-refractivity contribution in [1.29, 1.82) is 0 Å². The van der Waals surface area contributed by atoms with E-state index in [-0.39, 0.29) is 18.5 Å². The van der Waals surface area contributed by atoms with E-state index in [4.69, 9.17) is 4.42 Å². The fourth-order valence-corrected chi connectivity index (χ4v) is 2.23. The Morgan fingerprint density at radius 2 is 1.83 bits per heavy atom. The van der Waals surface area contributed by atoms with Gasteiger partial charge in [-0.3, -0.25) is 4.79 Å². The Bertz CT molecular complexity index is 626. The average molecular weight is 329 g/mol. The van der Waals surface area contributed by atoms with Crippen LogP contribution in [0, 0.1) is 0 Å². The zero-order chi connectivity index (χ0) is 17.2. The molecule has 1 aromatic heterocycles. The van der Waals surface area contributed by atoms with E-state index in [0.29, 0.717) is 24.8 Å². The second-order valence-electron chi connectivity index (χ2n) is 5.57. The van der Waals surface area contributed by atoms with Gasteiger partial charge in [0.1, 0.15) is 5.76 Å². The van der Waals surface area contributed by atoms with Crippen LogP contribution in [0.5, 0.6) is 0 Å². The van der Waals surface area contributed by atoms with Crippen molar-refractivity contribution < 1.29 is 14.0 Å². The molecule has 1 atom stereocenters. The quantitative estimate of drug-likeness (QED) is 0.695. The Hall–Kier alpha value is -2.76. The van der Waals surface area contributed by atoms with Crippen LogP contribution in [0.4, 0.5) is 4.79 Å². The number of nitrogens with one attached hydrogen (secondary N) is 3. The highest BCUT2D eigenvalue weighted by molar-refractivity contribution is 5.83. The van der Waals surface area contributed by atoms with Crippen molar-refractivity contribution in [3.63, 3.8) is 0 Å². The molecule has 1 heterocycles. The molecule has 1 aromatic carbocycles. The Labute approximate surface area is 141 Å². The molecule has 24 heavy (non-hydrogen) atoms. The summed E-state index contributed by atoms with van der Waals surface area (Å²) in [7, 11) is 0. The van der Waals surface area contributed by atoms with E-state index in [1.165, 1.54) is 5.56 Å². The molecule has 6 heteroatoms. The van der Waals surface area contributed by atoms with Crippen molar-refractivity contribution in [3.05, 3.63) is 60.1 Å². The van der Waals surface area contributed by atoms with Gasteiger partial charge >= 0.3 is 6.03 Å². The Balaban J connectivity index is 1.57. The van der Waals surface area contributed by atoms with E-state index in [1.54, 1.807) is 18.4 Å². The predicted molar refractivity (Wildman–Crippen MR) is 91.4 cm³/mol. The summed E-state index contributed by atoms with van der Waals surface area (Å²) in [6.45, 7) is 2.91. The third-order valence-electron chi connectivity index (χ3n) is 3.68. The van der Waals surface area contributed by atoms with Crippen LogP contribution in [-0.4, -0.2) is 25.0 Å². The maximum absolute atomic E-state index is 11.7. The maximum atomic E-state index is 11.7. The highest BCUT2D eigenvalue weighted by atomic mass is 16.3. The number of hydrogen-bond donors (Lipinski definition) is 3. The molecule has 3 amide bonds. The number of hydrogen-bond acceptors (Lipinski definition) is 3. The van der Waals surface area contributed by atoms with Crippen LogP contribution in [0.1, 0.15) is 30.6 Å². The van der Waals surface area contributed by atoms with E-state index in [2.05, 4.69) is 35.0 Å². The van der Waals surface area contributed by atoms with Gasteiger partial charge in [0, 0.05) is 6.54 Å². The van der Waals surface area contributed by atoms with Crippen LogP contribution in [0.15, 0.2) is 53.1 Å². The summed E-state index contributed by atoms with van der Waals surface area (Å²) in [5.41, 5.74) is 1.25. The lowest BCUT2D eigenvalue weighted by Crippen LogP contribution is -2.42. The molecule has 3 N–H and O–H groups in total. The topological polar surface area (TPSA) is 83.4 Å². The Kier molecular flexibility index (Phi) is 6.89. The summed E-state index contributed by atoms with van der Waals surface area (Å²) in [6.07, 6.45) is 2.38. The van der Waals surface area contributed by atoms with Gasteiger partial charge in [0.25, 0.3) is 0 Å². The summed E-state index contributed by atoms with van der Waals surface area (Å²) in [5, 5.41) is 7.95. The fourth-order valence-electron chi connectivity index (χ4n) is 2.23. The predicted octanol–water partition coefficient (Wildman–Crippen LogP) is 2.39. The number of benzene rings is 1. The van der Waals surface area contributed by atoms with Crippen molar-refractivity contribution in [1.82, 2.24) is 16.0 Å². The molecule has 2 rings (SSSR count).